The number of aliphatic hydroxyl groups excluding tert-OH is 1. The highest BCUT2D eigenvalue weighted by molar-refractivity contribution is 9.10. The summed E-state index contributed by atoms with van der Waals surface area (Å²) in [6, 6.07) is 0.766. The van der Waals surface area contributed by atoms with Crippen LogP contribution in [-0.2, 0) is 10.0 Å². The van der Waals surface area contributed by atoms with E-state index in [0.29, 0.717) is 4.47 Å². The van der Waals surface area contributed by atoms with Crippen LogP contribution in [0.5, 0.6) is 0 Å². The molecule has 0 radical (unpaired) electrons. The van der Waals surface area contributed by atoms with E-state index in [1.54, 1.807) is 0 Å². The molecule has 0 fully saturated rings. The van der Waals surface area contributed by atoms with Crippen LogP contribution < -0.4 is 4.72 Å². The number of hydrogen-bond donors (Lipinski definition) is 2. The molecule has 0 aliphatic heterocycles. The van der Waals surface area contributed by atoms with Gasteiger partial charge in [0.2, 0.25) is 10.0 Å². The zero-order valence-corrected chi connectivity index (χ0v) is 11.5. The second kappa shape index (κ2) is 5.42. The summed E-state index contributed by atoms with van der Waals surface area (Å²) in [6.45, 7) is 1.25. The van der Waals surface area contributed by atoms with Crippen LogP contribution in [-0.4, -0.2) is 31.2 Å². The van der Waals surface area contributed by atoms with Gasteiger partial charge in [0, 0.05) is 16.7 Å². The molecule has 0 saturated heterocycles. The average Bonchev–Trinajstić information content (AvgIpc) is 2.20. The van der Waals surface area contributed by atoms with Crippen molar-refractivity contribution < 1.29 is 13.5 Å². The molecule has 1 rings (SSSR count). The summed E-state index contributed by atoms with van der Waals surface area (Å²) in [5.74, 6) is 0. The lowest BCUT2D eigenvalue weighted by Crippen LogP contribution is -2.35. The van der Waals surface area contributed by atoms with Gasteiger partial charge >= 0.3 is 0 Å². The Hall–Kier alpha value is -0.210. The molecule has 5 nitrogen and oxygen atoms in total. The molecule has 1 atom stereocenters. The van der Waals surface area contributed by atoms with Gasteiger partial charge in [0.05, 0.1) is 6.61 Å². The molecule has 90 valence electrons. The Kier molecular flexibility index (Phi) is 4.69. The minimum Gasteiger partial charge on any atom is -0.395 e. The quantitative estimate of drug-likeness (QED) is 0.812. The predicted molar refractivity (Wildman–Crippen MR) is 63.8 cm³/mol. The molecule has 0 unspecified atom stereocenters. The Labute approximate surface area is 107 Å². The van der Waals surface area contributed by atoms with Crippen molar-refractivity contribution >= 4 is 37.6 Å². The minimum atomic E-state index is -3.76. The maximum Gasteiger partial charge on any atom is 0.243 e. The third-order valence-electron chi connectivity index (χ3n) is 1.69. The fraction of sp³-hybridized carbons (Fsp3) is 0.375. The predicted octanol–water partition coefficient (Wildman–Crippen LogP) is 1.16. The summed E-state index contributed by atoms with van der Waals surface area (Å²) >= 11 is 8.80. The number of hydrogen-bond acceptors (Lipinski definition) is 4. The SMILES string of the molecule is C[C@@H](CO)NS(=O)(=O)c1cc(Br)cnc1Cl. The normalized spacial score (nSPS) is 13.8. The van der Waals surface area contributed by atoms with Crippen molar-refractivity contribution in [3.05, 3.63) is 21.9 Å². The van der Waals surface area contributed by atoms with Crippen LogP contribution in [0.15, 0.2) is 21.6 Å². The van der Waals surface area contributed by atoms with Gasteiger partial charge in [0.1, 0.15) is 10.0 Å². The molecule has 0 saturated carbocycles. The van der Waals surface area contributed by atoms with E-state index in [0.717, 1.165) is 0 Å². The van der Waals surface area contributed by atoms with Gasteiger partial charge in [-0.2, -0.15) is 0 Å². The molecule has 0 bridgehead atoms. The number of aliphatic hydroxyl groups is 1. The molecule has 1 aromatic rings. The van der Waals surface area contributed by atoms with Crippen molar-refractivity contribution in [2.45, 2.75) is 17.9 Å². The number of pyridine rings is 1. The highest BCUT2D eigenvalue weighted by atomic mass is 79.9. The zero-order valence-electron chi connectivity index (χ0n) is 8.31. The molecular formula is C8H10BrClN2O3S. The number of aromatic nitrogens is 1. The van der Waals surface area contributed by atoms with E-state index in [4.69, 9.17) is 16.7 Å². The average molecular weight is 330 g/mol. The second-order valence-corrected chi connectivity index (χ2v) is 6.10. The van der Waals surface area contributed by atoms with Crippen molar-refractivity contribution in [2.75, 3.05) is 6.61 Å². The first-order chi connectivity index (χ1) is 7.36. The number of sulfonamides is 1. The third kappa shape index (κ3) is 3.39. The minimum absolute atomic E-state index is 0.110. The Balaban J connectivity index is 3.12. The first kappa shape index (κ1) is 13.9. The molecule has 1 heterocycles. The van der Waals surface area contributed by atoms with Gasteiger partial charge < -0.3 is 5.11 Å². The number of rotatable bonds is 4. The summed E-state index contributed by atoms with van der Waals surface area (Å²) in [5.41, 5.74) is 0. The Bertz CT molecular complexity index is 480. The lowest BCUT2D eigenvalue weighted by Gasteiger charge is -2.12. The van der Waals surface area contributed by atoms with E-state index in [-0.39, 0.29) is 16.7 Å². The third-order valence-corrected chi connectivity index (χ3v) is 4.14. The van der Waals surface area contributed by atoms with Crippen LogP contribution in [0.3, 0.4) is 0 Å². The molecule has 1 aromatic heterocycles. The molecule has 0 spiro atoms. The van der Waals surface area contributed by atoms with Crippen LogP contribution in [0.2, 0.25) is 5.15 Å². The summed E-state index contributed by atoms with van der Waals surface area (Å²) in [4.78, 5) is 3.59. The van der Waals surface area contributed by atoms with E-state index in [1.165, 1.54) is 19.2 Å². The van der Waals surface area contributed by atoms with Crippen molar-refractivity contribution in [3.63, 3.8) is 0 Å². The maximum atomic E-state index is 11.8. The topological polar surface area (TPSA) is 79.3 Å². The molecular weight excluding hydrogens is 320 g/mol. The van der Waals surface area contributed by atoms with Gasteiger partial charge in [-0.3, -0.25) is 0 Å². The van der Waals surface area contributed by atoms with E-state index in [9.17, 15) is 8.42 Å². The number of halogens is 2. The number of nitrogens with one attached hydrogen (secondary N) is 1. The lowest BCUT2D eigenvalue weighted by atomic mass is 10.4. The molecule has 0 aliphatic rings. The van der Waals surface area contributed by atoms with Crippen molar-refractivity contribution in [3.8, 4) is 0 Å². The van der Waals surface area contributed by atoms with Crippen LogP contribution >= 0.6 is 27.5 Å². The maximum absolute atomic E-state index is 11.8. The molecule has 16 heavy (non-hydrogen) atoms. The van der Waals surface area contributed by atoms with Gasteiger partial charge in [-0.25, -0.2) is 18.1 Å². The molecule has 2 N–H and O–H groups in total. The van der Waals surface area contributed by atoms with Crippen molar-refractivity contribution in [2.24, 2.45) is 0 Å². The fourth-order valence-corrected chi connectivity index (χ4v) is 3.14. The second-order valence-electron chi connectivity index (χ2n) is 3.15. The van der Waals surface area contributed by atoms with Gasteiger partial charge in [0.15, 0.2) is 0 Å². The summed E-state index contributed by atoms with van der Waals surface area (Å²) < 4.78 is 26.4. The van der Waals surface area contributed by atoms with Gasteiger partial charge in [0.25, 0.3) is 0 Å². The van der Waals surface area contributed by atoms with Crippen LogP contribution in [0.25, 0.3) is 0 Å². The summed E-state index contributed by atoms with van der Waals surface area (Å²) in [6.07, 6.45) is 1.40. The first-order valence-corrected chi connectivity index (χ1v) is 6.96. The Morgan fingerprint density at radius 3 is 2.88 bits per heavy atom. The molecule has 0 aliphatic carbocycles. The largest absolute Gasteiger partial charge is 0.395 e. The molecule has 0 amide bonds. The monoisotopic (exact) mass is 328 g/mol. The highest BCUT2D eigenvalue weighted by Gasteiger charge is 2.21. The standard InChI is InChI=1S/C8H10BrClN2O3S/c1-5(4-13)12-16(14,15)7-2-6(9)3-11-8(7)10/h2-3,5,12-13H,4H2,1H3/t5-/m0/s1. The fourth-order valence-electron chi connectivity index (χ4n) is 0.958. The van der Waals surface area contributed by atoms with Gasteiger partial charge in [-0.15, -0.1) is 0 Å². The van der Waals surface area contributed by atoms with E-state index in [1.807, 2.05) is 0 Å². The van der Waals surface area contributed by atoms with Crippen LogP contribution in [0.4, 0.5) is 0 Å². The lowest BCUT2D eigenvalue weighted by molar-refractivity contribution is 0.265. The summed E-state index contributed by atoms with van der Waals surface area (Å²) in [5, 5.41) is 8.67. The van der Waals surface area contributed by atoms with Crippen molar-refractivity contribution in [1.82, 2.24) is 9.71 Å². The zero-order chi connectivity index (χ0) is 12.3. The Morgan fingerprint density at radius 1 is 1.69 bits per heavy atom. The van der Waals surface area contributed by atoms with E-state index in [2.05, 4.69) is 25.6 Å². The van der Waals surface area contributed by atoms with E-state index < -0.39 is 16.1 Å². The molecule has 8 heteroatoms. The van der Waals surface area contributed by atoms with Crippen LogP contribution in [0.1, 0.15) is 6.92 Å². The number of nitrogens with zero attached hydrogens (tertiary/aromatic N) is 1. The molecule has 0 aromatic carbocycles. The summed E-state index contributed by atoms with van der Waals surface area (Å²) in [7, 11) is -3.76. The van der Waals surface area contributed by atoms with Crippen LogP contribution in [0, 0.1) is 0 Å². The van der Waals surface area contributed by atoms with E-state index >= 15 is 0 Å². The smallest absolute Gasteiger partial charge is 0.243 e. The first-order valence-electron chi connectivity index (χ1n) is 4.31. The van der Waals surface area contributed by atoms with Gasteiger partial charge in [-0.1, -0.05) is 11.6 Å². The van der Waals surface area contributed by atoms with Gasteiger partial charge in [-0.05, 0) is 28.9 Å². The highest BCUT2D eigenvalue weighted by Crippen LogP contribution is 2.22. The van der Waals surface area contributed by atoms with Crippen molar-refractivity contribution in [1.29, 1.82) is 0 Å². The Morgan fingerprint density at radius 2 is 2.31 bits per heavy atom.